The van der Waals surface area contributed by atoms with Crippen LogP contribution in [0.15, 0.2) is 146 Å². The number of amides is 6. The van der Waals surface area contributed by atoms with Gasteiger partial charge in [-0.1, -0.05) is 91.0 Å². The minimum absolute atomic E-state index is 0.00106. The molecule has 0 saturated carbocycles. The first-order chi connectivity index (χ1) is 38.2. The van der Waals surface area contributed by atoms with Crippen LogP contribution in [-0.2, 0) is 48.0 Å². The highest BCUT2D eigenvalue weighted by Gasteiger charge is 2.26. The molecule has 3 atom stereocenters. The number of nitrogens with one attached hydrogen (secondary N) is 9. The molecule has 0 aliphatic heterocycles. The van der Waals surface area contributed by atoms with Crippen molar-refractivity contribution in [2.75, 3.05) is 35.8 Å². The number of aryl methyl sites for hydroxylation is 3. The Labute approximate surface area is 454 Å². The number of benzene rings is 6. The zero-order valence-corrected chi connectivity index (χ0v) is 43.7. The molecule has 79 heavy (non-hydrogen) atoms. The second kappa shape index (κ2) is 24.3. The van der Waals surface area contributed by atoms with E-state index in [1.165, 1.54) is 0 Å². The molecule has 3 aromatic heterocycles. The smallest absolute Gasteiger partial charge is 0.249 e. The van der Waals surface area contributed by atoms with Crippen LogP contribution in [-0.4, -0.2) is 104 Å². The summed E-state index contributed by atoms with van der Waals surface area (Å²) in [4.78, 5) is 89.9. The average Bonchev–Trinajstić information content (AvgIpc) is 4.07. The predicted molar refractivity (Wildman–Crippen MR) is 303 cm³/mol. The minimum atomic E-state index is -1.24. The summed E-state index contributed by atoms with van der Waals surface area (Å²) in [6.45, 7) is 3.70. The standard InChI is InChI=1S/C61H61N9O9/c1-34-46(43-10-4-7-13-49(43)62-34)28-55(74)68-52(31-71)59(77)65-40-22-16-37(17-23-40)58(38-18-24-41(25-19-38)66-60(78)53(32-72)69-56(75)29-47-35(2)63-50-14-8-5-11-44(47)50)39-20-26-42(27-21-39)67-61(79)54(33-73)70-57(76)30-48-36(3)64-51-15-9-6-12-45(48)51/h4-27,52-54,58,62-64,71-73H,28-33H2,1-3H3,(H,65,77)(H,66,78)(H,67,79)(H,68,74)(H,69,75)(H,70,76)/t52-,53-,54-/m0/s1. The van der Waals surface area contributed by atoms with Crippen molar-refractivity contribution in [3.63, 3.8) is 0 Å². The number of carbonyl (C=O) groups excluding carboxylic acids is 6. The van der Waals surface area contributed by atoms with Crippen molar-refractivity contribution in [3.05, 3.63) is 196 Å². The van der Waals surface area contributed by atoms with Crippen molar-refractivity contribution in [3.8, 4) is 0 Å². The fourth-order valence-corrected chi connectivity index (χ4v) is 10.0. The maximum atomic E-state index is 13.5. The number of carbonyl (C=O) groups is 6. The van der Waals surface area contributed by atoms with E-state index in [1.807, 2.05) is 130 Å². The Morgan fingerprint density at radius 3 is 0.886 bits per heavy atom. The number of aromatic nitrogens is 3. The molecule has 12 N–H and O–H groups in total. The fourth-order valence-electron chi connectivity index (χ4n) is 10.0. The number of anilines is 3. The normalized spacial score (nSPS) is 12.5. The van der Waals surface area contributed by atoms with Gasteiger partial charge in [-0.3, -0.25) is 28.8 Å². The van der Waals surface area contributed by atoms with E-state index in [9.17, 15) is 44.1 Å². The number of fused-ring (bicyclic) bond motifs is 3. The predicted octanol–water partition coefficient (Wildman–Crippen LogP) is 6.21. The van der Waals surface area contributed by atoms with E-state index in [4.69, 9.17) is 0 Å². The van der Waals surface area contributed by atoms with E-state index in [0.717, 1.165) is 83.2 Å². The van der Waals surface area contributed by atoms with Crippen LogP contribution in [0.3, 0.4) is 0 Å². The van der Waals surface area contributed by atoms with Gasteiger partial charge in [-0.15, -0.1) is 0 Å². The molecule has 0 unspecified atom stereocenters. The van der Waals surface area contributed by atoms with E-state index < -0.39 is 79.3 Å². The van der Waals surface area contributed by atoms with Crippen LogP contribution < -0.4 is 31.9 Å². The number of hydrogen-bond donors (Lipinski definition) is 12. The zero-order valence-electron chi connectivity index (χ0n) is 43.7. The van der Waals surface area contributed by atoms with Gasteiger partial charge < -0.3 is 62.2 Å². The Morgan fingerprint density at radius 1 is 0.380 bits per heavy atom. The zero-order chi connectivity index (χ0) is 55.7. The number of H-pyrrole nitrogens is 3. The Morgan fingerprint density at radius 2 is 0.633 bits per heavy atom. The lowest BCUT2D eigenvalue weighted by molar-refractivity contribution is -0.126. The van der Waals surface area contributed by atoms with E-state index in [-0.39, 0.29) is 19.3 Å². The third-order valence-electron chi connectivity index (χ3n) is 14.1. The Bertz CT molecular complexity index is 3310. The largest absolute Gasteiger partial charge is 0.394 e. The van der Waals surface area contributed by atoms with Gasteiger partial charge in [0.05, 0.1) is 39.1 Å². The van der Waals surface area contributed by atoms with Crippen molar-refractivity contribution < 1.29 is 44.1 Å². The molecular weight excluding hydrogens is 1000 g/mol. The Hall–Kier alpha value is -9.36. The summed E-state index contributed by atoms with van der Waals surface area (Å²) in [6.07, 6.45) is -0.00317. The lowest BCUT2D eigenvalue weighted by atomic mass is 9.85. The summed E-state index contributed by atoms with van der Waals surface area (Å²) in [6, 6.07) is 40.2. The molecule has 6 amide bonds. The van der Waals surface area contributed by atoms with Crippen LogP contribution >= 0.6 is 0 Å². The Kier molecular flexibility index (Phi) is 16.8. The van der Waals surface area contributed by atoms with Crippen molar-refractivity contribution in [1.29, 1.82) is 0 Å². The first-order valence-electron chi connectivity index (χ1n) is 25.8. The molecule has 6 aromatic carbocycles. The molecule has 9 rings (SSSR count). The van der Waals surface area contributed by atoms with Gasteiger partial charge in [0.15, 0.2) is 0 Å². The van der Waals surface area contributed by atoms with Crippen LogP contribution in [0, 0.1) is 20.8 Å². The molecule has 0 aliphatic carbocycles. The second-order valence-corrected chi connectivity index (χ2v) is 19.5. The molecule has 0 bridgehead atoms. The molecule has 0 radical (unpaired) electrons. The third kappa shape index (κ3) is 12.6. The summed E-state index contributed by atoms with van der Waals surface area (Å²) in [5.41, 5.74) is 11.0. The number of hydrogen-bond acceptors (Lipinski definition) is 9. The molecule has 18 heteroatoms. The van der Waals surface area contributed by atoms with Crippen molar-refractivity contribution >= 4 is 85.2 Å². The highest BCUT2D eigenvalue weighted by Crippen LogP contribution is 2.34. The molecule has 0 spiro atoms. The van der Waals surface area contributed by atoms with Gasteiger partial charge in [0, 0.05) is 72.8 Å². The number of aliphatic hydroxyl groups excluding tert-OH is 3. The molecule has 9 aromatic rings. The summed E-state index contributed by atoms with van der Waals surface area (Å²) in [5, 5.41) is 49.7. The summed E-state index contributed by atoms with van der Waals surface area (Å²) in [7, 11) is 0. The number of rotatable bonds is 21. The lowest BCUT2D eigenvalue weighted by Gasteiger charge is -2.21. The molecule has 0 aliphatic rings. The monoisotopic (exact) mass is 1060 g/mol. The molecule has 0 saturated heterocycles. The summed E-state index contributed by atoms with van der Waals surface area (Å²) < 4.78 is 0. The van der Waals surface area contributed by atoms with Crippen molar-refractivity contribution in [2.24, 2.45) is 0 Å². The summed E-state index contributed by atoms with van der Waals surface area (Å²) >= 11 is 0. The van der Waals surface area contributed by atoms with Gasteiger partial charge in [0.25, 0.3) is 0 Å². The van der Waals surface area contributed by atoms with Gasteiger partial charge >= 0.3 is 0 Å². The van der Waals surface area contributed by atoms with E-state index in [2.05, 4.69) is 46.9 Å². The maximum absolute atomic E-state index is 13.5. The minimum Gasteiger partial charge on any atom is -0.394 e. The SMILES string of the molecule is Cc1[nH]c2ccccc2c1CC(=O)N[C@@H](CO)C(=O)Nc1ccc(C(c2ccc(NC(=O)[C@H](CO)NC(=O)Cc3c(C)[nH]c4ccccc34)cc2)c2ccc(NC(=O)[C@H](CO)NC(=O)Cc3c(C)[nH]c4ccccc34)cc2)cc1. The number of para-hydroxylation sites is 3. The van der Waals surface area contributed by atoms with Gasteiger partial charge in [-0.25, -0.2) is 0 Å². The molecule has 0 fully saturated rings. The van der Waals surface area contributed by atoms with E-state index >= 15 is 0 Å². The third-order valence-corrected chi connectivity index (χ3v) is 14.1. The van der Waals surface area contributed by atoms with Crippen LogP contribution in [0.1, 0.15) is 56.4 Å². The van der Waals surface area contributed by atoms with Crippen LogP contribution in [0.2, 0.25) is 0 Å². The number of aromatic amines is 3. The highest BCUT2D eigenvalue weighted by atomic mass is 16.3. The molecular formula is C61H61N9O9. The van der Waals surface area contributed by atoms with Gasteiger partial charge in [-0.05, 0) is 109 Å². The molecule has 3 heterocycles. The van der Waals surface area contributed by atoms with Crippen LogP contribution in [0.25, 0.3) is 32.7 Å². The van der Waals surface area contributed by atoms with Gasteiger partial charge in [0.1, 0.15) is 18.1 Å². The first kappa shape index (κ1) is 54.4. The van der Waals surface area contributed by atoms with Crippen LogP contribution in [0.5, 0.6) is 0 Å². The number of aliphatic hydroxyl groups is 3. The highest BCUT2D eigenvalue weighted by molar-refractivity contribution is 6.01. The molecule has 404 valence electrons. The van der Waals surface area contributed by atoms with Gasteiger partial charge in [-0.2, -0.15) is 0 Å². The Balaban J connectivity index is 0.893. The van der Waals surface area contributed by atoms with Crippen LogP contribution in [0.4, 0.5) is 17.1 Å². The molecule has 18 nitrogen and oxygen atoms in total. The van der Waals surface area contributed by atoms with E-state index in [1.54, 1.807) is 36.4 Å². The second-order valence-electron chi connectivity index (χ2n) is 19.5. The topological polar surface area (TPSA) is 283 Å². The van der Waals surface area contributed by atoms with E-state index in [0.29, 0.717) is 17.1 Å². The maximum Gasteiger partial charge on any atom is 0.249 e. The van der Waals surface area contributed by atoms with Gasteiger partial charge in [0.2, 0.25) is 35.4 Å². The quantitative estimate of drug-likeness (QED) is 0.0364. The van der Waals surface area contributed by atoms with Crippen molar-refractivity contribution in [2.45, 2.75) is 64.1 Å². The summed E-state index contributed by atoms with van der Waals surface area (Å²) in [5.74, 6) is -3.63. The fraction of sp³-hybridized carbons (Fsp3) is 0.213. The average molecular weight is 1060 g/mol. The lowest BCUT2D eigenvalue weighted by Crippen LogP contribution is -2.46. The van der Waals surface area contributed by atoms with Crippen molar-refractivity contribution in [1.82, 2.24) is 30.9 Å². The first-order valence-corrected chi connectivity index (χ1v) is 25.8.